The van der Waals surface area contributed by atoms with Gasteiger partial charge < -0.3 is 0 Å². The van der Waals surface area contributed by atoms with E-state index >= 15 is 0 Å². The SMILES string of the molecule is Clc1ccc(-c2nc3c(-c4ccc(-c5cccc6ccccc56)cc4)cc(-c4ccc(-c5cccc6ccccc56)cc4)cc3s2)cc1. The number of thiazole rings is 1. The van der Waals surface area contributed by atoms with Gasteiger partial charge in [0.05, 0.1) is 10.2 Å². The molecule has 0 saturated heterocycles. The molecular weight excluding hydrogens is 622 g/mol. The van der Waals surface area contributed by atoms with Gasteiger partial charge in [-0.1, -0.05) is 157 Å². The second-order valence-corrected chi connectivity index (χ2v) is 13.6. The third kappa shape index (κ3) is 5.16. The number of aromatic nitrogens is 1. The van der Waals surface area contributed by atoms with Gasteiger partial charge >= 0.3 is 0 Å². The highest BCUT2D eigenvalue weighted by molar-refractivity contribution is 7.21. The highest BCUT2D eigenvalue weighted by atomic mass is 35.5. The Morgan fingerprint density at radius 3 is 1.46 bits per heavy atom. The van der Waals surface area contributed by atoms with E-state index in [2.05, 4.69) is 146 Å². The first-order valence-corrected chi connectivity index (χ1v) is 17.3. The zero-order chi connectivity index (χ0) is 32.0. The van der Waals surface area contributed by atoms with Gasteiger partial charge in [-0.25, -0.2) is 4.98 Å². The molecule has 0 aliphatic carbocycles. The molecule has 0 spiro atoms. The van der Waals surface area contributed by atoms with Crippen molar-refractivity contribution in [3.05, 3.63) is 175 Å². The number of rotatable bonds is 5. The first-order valence-electron chi connectivity index (χ1n) is 16.1. The molecule has 226 valence electrons. The van der Waals surface area contributed by atoms with Crippen LogP contribution in [0.15, 0.2) is 170 Å². The van der Waals surface area contributed by atoms with E-state index in [0.29, 0.717) is 0 Å². The maximum atomic E-state index is 6.22. The van der Waals surface area contributed by atoms with E-state index in [4.69, 9.17) is 16.6 Å². The molecule has 0 unspecified atom stereocenters. The van der Waals surface area contributed by atoms with Crippen LogP contribution in [0.25, 0.3) is 86.8 Å². The highest BCUT2D eigenvalue weighted by Crippen LogP contribution is 2.41. The molecule has 1 nitrogen and oxygen atoms in total. The molecule has 1 aromatic heterocycles. The molecule has 9 rings (SSSR count). The van der Waals surface area contributed by atoms with Crippen LogP contribution in [0, 0.1) is 0 Å². The van der Waals surface area contributed by atoms with Crippen molar-refractivity contribution in [2.24, 2.45) is 0 Å². The van der Waals surface area contributed by atoms with E-state index in [0.717, 1.165) is 36.9 Å². The van der Waals surface area contributed by atoms with Crippen molar-refractivity contribution in [2.75, 3.05) is 0 Å². The van der Waals surface area contributed by atoms with Crippen LogP contribution < -0.4 is 0 Å². The Labute approximate surface area is 288 Å². The van der Waals surface area contributed by atoms with Gasteiger partial charge in [0, 0.05) is 16.1 Å². The fourth-order valence-electron chi connectivity index (χ4n) is 6.76. The van der Waals surface area contributed by atoms with Crippen molar-refractivity contribution >= 4 is 54.7 Å². The van der Waals surface area contributed by atoms with Gasteiger partial charge in [0.1, 0.15) is 5.01 Å². The van der Waals surface area contributed by atoms with Gasteiger partial charge in [-0.15, -0.1) is 11.3 Å². The number of fused-ring (bicyclic) bond motifs is 3. The lowest BCUT2D eigenvalue weighted by Gasteiger charge is -2.11. The summed E-state index contributed by atoms with van der Waals surface area (Å²) in [5, 5.41) is 6.73. The summed E-state index contributed by atoms with van der Waals surface area (Å²) in [6, 6.07) is 60.6. The van der Waals surface area contributed by atoms with Gasteiger partial charge in [-0.2, -0.15) is 0 Å². The summed E-state index contributed by atoms with van der Waals surface area (Å²) in [5.74, 6) is 0. The molecule has 0 bridgehead atoms. The van der Waals surface area contributed by atoms with Crippen molar-refractivity contribution in [1.29, 1.82) is 0 Å². The molecule has 8 aromatic carbocycles. The van der Waals surface area contributed by atoms with Crippen molar-refractivity contribution in [3.63, 3.8) is 0 Å². The Kier molecular flexibility index (Phi) is 7.12. The van der Waals surface area contributed by atoms with E-state index in [9.17, 15) is 0 Å². The van der Waals surface area contributed by atoms with Crippen molar-refractivity contribution in [1.82, 2.24) is 4.98 Å². The number of nitrogens with zero attached hydrogens (tertiary/aromatic N) is 1. The fourth-order valence-corrected chi connectivity index (χ4v) is 7.92. The maximum absolute atomic E-state index is 6.22. The Balaban J connectivity index is 1.16. The number of hydrogen-bond donors (Lipinski definition) is 0. The van der Waals surface area contributed by atoms with Gasteiger partial charge in [0.25, 0.3) is 0 Å². The van der Waals surface area contributed by atoms with Crippen molar-refractivity contribution < 1.29 is 0 Å². The van der Waals surface area contributed by atoms with Crippen molar-refractivity contribution in [3.8, 4) is 55.1 Å². The average molecular weight is 650 g/mol. The van der Waals surface area contributed by atoms with E-state index in [1.165, 1.54) is 54.9 Å². The molecule has 1 heterocycles. The standard InChI is InChI=1S/C45H28ClNS/c46-37-25-23-35(24-26-37)45-47-44-42(34-21-19-33(20-22-34)41-14-6-10-31-8-2-4-12-39(31)41)27-36(28-43(44)48-45)29-15-17-32(18-16-29)40-13-5-9-30-7-1-3-11-38(30)40/h1-28H. The number of benzene rings is 8. The molecule has 0 N–H and O–H groups in total. The van der Waals surface area contributed by atoms with Crippen LogP contribution >= 0.6 is 22.9 Å². The molecule has 0 fully saturated rings. The van der Waals surface area contributed by atoms with Gasteiger partial charge in [-0.3, -0.25) is 0 Å². The van der Waals surface area contributed by atoms with E-state index < -0.39 is 0 Å². The van der Waals surface area contributed by atoms with E-state index in [-0.39, 0.29) is 0 Å². The van der Waals surface area contributed by atoms with Crippen LogP contribution in [0.4, 0.5) is 0 Å². The molecule has 0 atom stereocenters. The average Bonchev–Trinajstić information content (AvgIpc) is 3.59. The summed E-state index contributed by atoms with van der Waals surface area (Å²) in [6.07, 6.45) is 0. The number of hydrogen-bond acceptors (Lipinski definition) is 2. The fraction of sp³-hybridized carbons (Fsp3) is 0. The van der Waals surface area contributed by atoms with E-state index in [1.54, 1.807) is 11.3 Å². The quantitative estimate of drug-likeness (QED) is 0.181. The molecule has 48 heavy (non-hydrogen) atoms. The maximum Gasteiger partial charge on any atom is 0.124 e. The molecular formula is C45H28ClNS. The van der Waals surface area contributed by atoms with E-state index in [1.807, 2.05) is 24.3 Å². The molecule has 0 radical (unpaired) electrons. The van der Waals surface area contributed by atoms with Crippen LogP contribution in [-0.2, 0) is 0 Å². The zero-order valence-corrected chi connectivity index (χ0v) is 27.5. The van der Waals surface area contributed by atoms with Gasteiger partial charge in [0.2, 0.25) is 0 Å². The smallest absolute Gasteiger partial charge is 0.124 e. The lowest BCUT2D eigenvalue weighted by Crippen LogP contribution is -1.87. The second kappa shape index (κ2) is 11.9. The van der Waals surface area contributed by atoms with Gasteiger partial charge in [0.15, 0.2) is 0 Å². The summed E-state index contributed by atoms with van der Waals surface area (Å²) in [5.41, 5.74) is 11.6. The number of halogens is 1. The zero-order valence-electron chi connectivity index (χ0n) is 25.9. The Morgan fingerprint density at radius 2 is 0.875 bits per heavy atom. The summed E-state index contributed by atoms with van der Waals surface area (Å²) >= 11 is 7.95. The van der Waals surface area contributed by atoms with Crippen LogP contribution in [0.5, 0.6) is 0 Å². The molecule has 0 amide bonds. The lowest BCUT2D eigenvalue weighted by molar-refractivity contribution is 1.47. The summed E-state index contributed by atoms with van der Waals surface area (Å²) in [7, 11) is 0. The third-order valence-corrected chi connectivity index (χ3v) is 10.5. The Bertz CT molecular complexity index is 2590. The largest absolute Gasteiger partial charge is 0.235 e. The summed E-state index contributed by atoms with van der Waals surface area (Å²) < 4.78 is 1.16. The summed E-state index contributed by atoms with van der Waals surface area (Å²) in [4.78, 5) is 5.20. The van der Waals surface area contributed by atoms with Crippen LogP contribution in [0.3, 0.4) is 0 Å². The van der Waals surface area contributed by atoms with Crippen LogP contribution in [0.2, 0.25) is 5.02 Å². The Hall–Kier alpha value is -5.54. The van der Waals surface area contributed by atoms with Gasteiger partial charge in [-0.05, 0) is 84.8 Å². The summed E-state index contributed by atoms with van der Waals surface area (Å²) in [6.45, 7) is 0. The predicted molar refractivity (Wildman–Crippen MR) is 207 cm³/mol. The molecule has 0 aliphatic heterocycles. The first-order chi connectivity index (χ1) is 23.7. The molecule has 0 aliphatic rings. The normalized spacial score (nSPS) is 11.4. The van der Waals surface area contributed by atoms with Crippen molar-refractivity contribution in [2.45, 2.75) is 0 Å². The third-order valence-electron chi connectivity index (χ3n) is 9.20. The molecule has 0 saturated carbocycles. The minimum atomic E-state index is 0.723. The Morgan fingerprint density at radius 1 is 0.396 bits per heavy atom. The van der Waals surface area contributed by atoms with Crippen LogP contribution in [0.1, 0.15) is 0 Å². The monoisotopic (exact) mass is 649 g/mol. The van der Waals surface area contributed by atoms with Crippen LogP contribution in [-0.4, -0.2) is 4.98 Å². The lowest BCUT2D eigenvalue weighted by atomic mass is 9.93. The molecule has 9 aromatic rings. The highest BCUT2D eigenvalue weighted by Gasteiger charge is 2.15. The minimum absolute atomic E-state index is 0.723. The minimum Gasteiger partial charge on any atom is -0.235 e. The first kappa shape index (κ1) is 28.7. The second-order valence-electron chi connectivity index (χ2n) is 12.1. The predicted octanol–water partition coefficient (Wildman–Crippen LogP) is 13.6. The topological polar surface area (TPSA) is 12.9 Å². The molecule has 3 heteroatoms.